The molecule has 0 unspecified atom stereocenters. The van der Waals surface area contributed by atoms with Gasteiger partial charge < -0.3 is 5.32 Å². The van der Waals surface area contributed by atoms with E-state index in [-0.39, 0.29) is 5.91 Å². The van der Waals surface area contributed by atoms with Crippen LogP contribution in [-0.4, -0.2) is 10.9 Å². The SMILES string of the molecule is Cc1nc(CNC(=O)c2ccc(Cl)cc2Cl)sc1C. The molecule has 0 spiro atoms. The van der Waals surface area contributed by atoms with Crippen LogP contribution in [0.25, 0.3) is 0 Å². The molecule has 6 heteroatoms. The second kappa shape index (κ2) is 5.90. The van der Waals surface area contributed by atoms with E-state index in [9.17, 15) is 4.79 Å². The molecule has 0 fully saturated rings. The van der Waals surface area contributed by atoms with Gasteiger partial charge in [-0.05, 0) is 32.0 Å². The normalized spacial score (nSPS) is 10.5. The molecule has 0 bridgehead atoms. The van der Waals surface area contributed by atoms with Crippen LogP contribution < -0.4 is 5.32 Å². The molecule has 19 heavy (non-hydrogen) atoms. The summed E-state index contributed by atoms with van der Waals surface area (Å²) >= 11 is 13.3. The summed E-state index contributed by atoms with van der Waals surface area (Å²) in [6.45, 7) is 4.36. The number of hydrogen-bond acceptors (Lipinski definition) is 3. The van der Waals surface area contributed by atoms with Crippen molar-refractivity contribution in [2.24, 2.45) is 0 Å². The Morgan fingerprint density at radius 1 is 1.37 bits per heavy atom. The number of amides is 1. The lowest BCUT2D eigenvalue weighted by Gasteiger charge is -2.05. The van der Waals surface area contributed by atoms with Gasteiger partial charge in [0, 0.05) is 9.90 Å². The minimum atomic E-state index is -0.229. The average Bonchev–Trinajstić information content (AvgIpc) is 2.66. The first-order valence-electron chi connectivity index (χ1n) is 5.63. The predicted molar refractivity (Wildman–Crippen MR) is 79.2 cm³/mol. The minimum absolute atomic E-state index is 0.229. The van der Waals surface area contributed by atoms with Crippen molar-refractivity contribution >= 4 is 40.4 Å². The lowest BCUT2D eigenvalue weighted by atomic mass is 10.2. The maximum absolute atomic E-state index is 12.0. The Morgan fingerprint density at radius 3 is 2.68 bits per heavy atom. The number of aromatic nitrogens is 1. The molecule has 0 atom stereocenters. The summed E-state index contributed by atoms with van der Waals surface area (Å²) in [6.07, 6.45) is 0. The predicted octanol–water partition coefficient (Wildman–Crippen LogP) is 4.00. The Morgan fingerprint density at radius 2 is 2.11 bits per heavy atom. The minimum Gasteiger partial charge on any atom is -0.345 e. The summed E-state index contributed by atoms with van der Waals surface area (Å²) < 4.78 is 0. The summed E-state index contributed by atoms with van der Waals surface area (Å²) in [6, 6.07) is 4.80. The molecule has 0 aliphatic heterocycles. The highest BCUT2D eigenvalue weighted by Crippen LogP contribution is 2.21. The molecule has 1 aromatic heterocycles. The smallest absolute Gasteiger partial charge is 0.253 e. The highest BCUT2D eigenvalue weighted by Gasteiger charge is 2.11. The zero-order chi connectivity index (χ0) is 14.0. The van der Waals surface area contributed by atoms with Gasteiger partial charge in [-0.15, -0.1) is 11.3 Å². The molecule has 100 valence electrons. The van der Waals surface area contributed by atoms with Crippen molar-refractivity contribution in [3.05, 3.63) is 49.4 Å². The Labute approximate surface area is 125 Å². The standard InChI is InChI=1S/C13H12Cl2N2OS/c1-7-8(2)19-12(17-7)6-16-13(18)10-4-3-9(14)5-11(10)15/h3-5H,6H2,1-2H3,(H,16,18). The van der Waals surface area contributed by atoms with Gasteiger partial charge in [-0.25, -0.2) is 4.98 Å². The molecule has 2 rings (SSSR count). The van der Waals surface area contributed by atoms with E-state index in [0.29, 0.717) is 22.2 Å². The third-order valence-electron chi connectivity index (χ3n) is 2.65. The molecule has 1 amide bonds. The topological polar surface area (TPSA) is 42.0 Å². The van der Waals surface area contributed by atoms with Crippen molar-refractivity contribution in [2.75, 3.05) is 0 Å². The monoisotopic (exact) mass is 314 g/mol. The van der Waals surface area contributed by atoms with Crippen molar-refractivity contribution in [3.63, 3.8) is 0 Å². The van der Waals surface area contributed by atoms with Crippen molar-refractivity contribution in [1.82, 2.24) is 10.3 Å². The fourth-order valence-corrected chi connectivity index (χ4v) is 2.91. The van der Waals surface area contributed by atoms with Crippen LogP contribution in [0, 0.1) is 13.8 Å². The van der Waals surface area contributed by atoms with Gasteiger partial charge in [0.15, 0.2) is 0 Å². The number of carbonyl (C=O) groups is 1. The van der Waals surface area contributed by atoms with Crippen LogP contribution in [0.15, 0.2) is 18.2 Å². The number of thiazole rings is 1. The molecule has 0 saturated carbocycles. The number of carbonyl (C=O) groups excluding carboxylic acids is 1. The number of nitrogens with one attached hydrogen (secondary N) is 1. The van der Waals surface area contributed by atoms with Gasteiger partial charge >= 0.3 is 0 Å². The third kappa shape index (κ3) is 3.47. The first-order chi connectivity index (χ1) is 8.97. The zero-order valence-electron chi connectivity index (χ0n) is 10.5. The number of benzene rings is 1. The van der Waals surface area contributed by atoms with E-state index in [2.05, 4.69) is 10.3 Å². The van der Waals surface area contributed by atoms with Gasteiger partial charge in [-0.3, -0.25) is 4.79 Å². The van der Waals surface area contributed by atoms with Gasteiger partial charge in [0.2, 0.25) is 0 Å². The van der Waals surface area contributed by atoms with Crippen LogP contribution in [-0.2, 0) is 6.54 Å². The highest BCUT2D eigenvalue weighted by atomic mass is 35.5. The first kappa shape index (κ1) is 14.3. The quantitative estimate of drug-likeness (QED) is 0.930. The Hall–Kier alpha value is -1.10. The maximum Gasteiger partial charge on any atom is 0.253 e. The van der Waals surface area contributed by atoms with E-state index in [4.69, 9.17) is 23.2 Å². The van der Waals surface area contributed by atoms with E-state index >= 15 is 0 Å². The maximum atomic E-state index is 12.0. The van der Waals surface area contributed by atoms with Crippen LogP contribution in [0.4, 0.5) is 0 Å². The lowest BCUT2D eigenvalue weighted by Crippen LogP contribution is -2.23. The highest BCUT2D eigenvalue weighted by molar-refractivity contribution is 7.11. The number of rotatable bonds is 3. The molecule has 0 aliphatic rings. The van der Waals surface area contributed by atoms with Crippen LogP contribution in [0.3, 0.4) is 0 Å². The van der Waals surface area contributed by atoms with Crippen molar-refractivity contribution < 1.29 is 4.79 Å². The van der Waals surface area contributed by atoms with Crippen LogP contribution in [0.1, 0.15) is 25.9 Å². The molecule has 0 aliphatic carbocycles. The Balaban J connectivity index is 2.05. The first-order valence-corrected chi connectivity index (χ1v) is 7.21. The molecule has 1 aromatic carbocycles. The molecule has 2 aromatic rings. The second-order valence-electron chi connectivity index (χ2n) is 4.06. The largest absolute Gasteiger partial charge is 0.345 e. The molecule has 0 saturated heterocycles. The van der Waals surface area contributed by atoms with Gasteiger partial charge in [-0.2, -0.15) is 0 Å². The Bertz CT molecular complexity index is 606. The van der Waals surface area contributed by atoms with E-state index in [1.165, 1.54) is 0 Å². The van der Waals surface area contributed by atoms with Gasteiger partial charge in [0.25, 0.3) is 5.91 Å². The molecule has 3 nitrogen and oxygen atoms in total. The van der Waals surface area contributed by atoms with E-state index < -0.39 is 0 Å². The lowest BCUT2D eigenvalue weighted by molar-refractivity contribution is 0.0951. The van der Waals surface area contributed by atoms with Crippen molar-refractivity contribution in [1.29, 1.82) is 0 Å². The summed E-state index contributed by atoms with van der Waals surface area (Å²) in [5, 5.41) is 4.53. The summed E-state index contributed by atoms with van der Waals surface area (Å²) in [7, 11) is 0. The number of halogens is 2. The second-order valence-corrected chi connectivity index (χ2v) is 6.19. The van der Waals surface area contributed by atoms with Crippen LogP contribution >= 0.6 is 34.5 Å². The van der Waals surface area contributed by atoms with E-state index in [1.54, 1.807) is 29.5 Å². The summed E-state index contributed by atoms with van der Waals surface area (Å²) in [5.41, 5.74) is 1.41. The summed E-state index contributed by atoms with van der Waals surface area (Å²) in [5.74, 6) is -0.229. The van der Waals surface area contributed by atoms with E-state index in [0.717, 1.165) is 15.6 Å². The number of nitrogens with zero attached hydrogens (tertiary/aromatic N) is 1. The summed E-state index contributed by atoms with van der Waals surface area (Å²) in [4.78, 5) is 17.5. The van der Waals surface area contributed by atoms with Crippen molar-refractivity contribution in [3.8, 4) is 0 Å². The Kier molecular flexibility index (Phi) is 4.45. The molecular weight excluding hydrogens is 303 g/mol. The third-order valence-corrected chi connectivity index (χ3v) is 4.27. The average molecular weight is 315 g/mol. The molecule has 1 N–H and O–H groups in total. The van der Waals surface area contributed by atoms with Crippen LogP contribution in [0.2, 0.25) is 10.0 Å². The fourth-order valence-electron chi connectivity index (χ4n) is 1.54. The van der Waals surface area contributed by atoms with Gasteiger partial charge in [-0.1, -0.05) is 23.2 Å². The van der Waals surface area contributed by atoms with Crippen molar-refractivity contribution in [2.45, 2.75) is 20.4 Å². The number of hydrogen-bond donors (Lipinski definition) is 1. The van der Waals surface area contributed by atoms with E-state index in [1.807, 2.05) is 13.8 Å². The molecule has 0 radical (unpaired) electrons. The number of aryl methyl sites for hydroxylation is 2. The van der Waals surface area contributed by atoms with Gasteiger partial charge in [0.05, 0.1) is 22.8 Å². The van der Waals surface area contributed by atoms with Gasteiger partial charge in [0.1, 0.15) is 5.01 Å². The zero-order valence-corrected chi connectivity index (χ0v) is 12.8. The molecule has 1 heterocycles. The fraction of sp³-hybridized carbons (Fsp3) is 0.231. The molecular formula is C13H12Cl2N2OS. The van der Waals surface area contributed by atoms with Crippen LogP contribution in [0.5, 0.6) is 0 Å².